The van der Waals surface area contributed by atoms with Gasteiger partial charge in [0.25, 0.3) is 11.5 Å². The highest BCUT2D eigenvalue weighted by molar-refractivity contribution is 5.93. The number of aromatic amines is 1. The molecule has 26 heavy (non-hydrogen) atoms. The van der Waals surface area contributed by atoms with Crippen LogP contribution in [0.5, 0.6) is 0 Å². The fourth-order valence-corrected chi connectivity index (χ4v) is 3.43. The maximum absolute atomic E-state index is 13.9. The van der Waals surface area contributed by atoms with Crippen molar-refractivity contribution < 1.29 is 9.18 Å². The summed E-state index contributed by atoms with van der Waals surface area (Å²) in [6.07, 6.45) is 6.26. The summed E-state index contributed by atoms with van der Waals surface area (Å²) in [5, 5.41) is 0. The molecular weight excluding hydrogens is 337 g/mol. The predicted octanol–water partition coefficient (Wildman–Crippen LogP) is 2.13. The molecule has 6 nitrogen and oxygen atoms in total. The van der Waals surface area contributed by atoms with Crippen molar-refractivity contribution in [3.8, 4) is 0 Å². The number of aromatic nitrogens is 2. The number of nitrogens with one attached hydrogen (secondary N) is 1. The van der Waals surface area contributed by atoms with Crippen LogP contribution in [0.15, 0.2) is 40.1 Å². The van der Waals surface area contributed by atoms with Crippen LogP contribution in [-0.4, -0.2) is 33.4 Å². The first-order valence-electron chi connectivity index (χ1n) is 8.82. The molecule has 0 radical (unpaired) electrons. The number of carbonyl (C=O) groups excluding carboxylic acids is 1. The first kappa shape index (κ1) is 18.1. The van der Waals surface area contributed by atoms with Gasteiger partial charge in [-0.1, -0.05) is 37.5 Å². The second-order valence-corrected chi connectivity index (χ2v) is 6.70. The number of carbonyl (C=O) groups is 1. The summed E-state index contributed by atoms with van der Waals surface area (Å²) in [7, 11) is 1.68. The van der Waals surface area contributed by atoms with E-state index in [4.69, 9.17) is 0 Å². The minimum atomic E-state index is -0.704. The number of benzene rings is 1. The maximum Gasteiger partial charge on any atom is 0.328 e. The highest BCUT2D eigenvalue weighted by atomic mass is 19.1. The molecule has 7 heteroatoms. The van der Waals surface area contributed by atoms with Gasteiger partial charge in [-0.3, -0.25) is 14.2 Å². The molecule has 1 aromatic carbocycles. The summed E-state index contributed by atoms with van der Waals surface area (Å²) in [6.45, 7) is -0.227. The molecule has 1 heterocycles. The molecule has 0 bridgehead atoms. The van der Waals surface area contributed by atoms with Gasteiger partial charge in [0.05, 0.1) is 6.54 Å². The third-order valence-electron chi connectivity index (χ3n) is 5.02. The monoisotopic (exact) mass is 359 g/mol. The molecule has 138 valence electrons. The molecule has 0 aliphatic heterocycles. The molecule has 0 saturated heterocycles. The van der Waals surface area contributed by atoms with Crippen LogP contribution in [-0.2, 0) is 6.54 Å². The molecular formula is C19H22FN3O3. The Bertz CT molecular complexity index is 913. The highest BCUT2D eigenvalue weighted by Crippen LogP contribution is 2.22. The molecule has 0 unspecified atom stereocenters. The number of H-pyrrole nitrogens is 1. The quantitative estimate of drug-likeness (QED) is 0.909. The topological polar surface area (TPSA) is 75.2 Å². The van der Waals surface area contributed by atoms with Crippen molar-refractivity contribution in [3.63, 3.8) is 0 Å². The van der Waals surface area contributed by atoms with Gasteiger partial charge in [0.2, 0.25) is 0 Å². The van der Waals surface area contributed by atoms with E-state index in [-0.39, 0.29) is 23.7 Å². The highest BCUT2D eigenvalue weighted by Gasteiger charge is 2.25. The average Bonchev–Trinajstić information content (AvgIpc) is 2.66. The second-order valence-electron chi connectivity index (χ2n) is 6.70. The summed E-state index contributed by atoms with van der Waals surface area (Å²) in [4.78, 5) is 41.5. The number of rotatable bonds is 4. The zero-order chi connectivity index (χ0) is 18.7. The van der Waals surface area contributed by atoms with Gasteiger partial charge in [-0.05, 0) is 18.9 Å². The van der Waals surface area contributed by atoms with E-state index in [0.29, 0.717) is 0 Å². The summed E-state index contributed by atoms with van der Waals surface area (Å²) in [5.74, 6) is -0.921. The first-order chi connectivity index (χ1) is 12.5. The maximum atomic E-state index is 13.9. The van der Waals surface area contributed by atoms with Gasteiger partial charge in [-0.2, -0.15) is 0 Å². The number of hydrogen-bond donors (Lipinski definition) is 1. The Kier molecular flexibility index (Phi) is 5.35. The molecule has 1 aromatic heterocycles. The van der Waals surface area contributed by atoms with Crippen LogP contribution >= 0.6 is 0 Å². The van der Waals surface area contributed by atoms with Gasteiger partial charge in [0.1, 0.15) is 11.4 Å². The molecule has 2 aromatic rings. The summed E-state index contributed by atoms with van der Waals surface area (Å²) >= 11 is 0. The first-order valence-corrected chi connectivity index (χ1v) is 8.82. The molecule has 3 rings (SSSR count). The lowest BCUT2D eigenvalue weighted by atomic mass is 9.94. The minimum absolute atomic E-state index is 0.0996. The standard InChI is InChI=1S/C19H22FN3O3/c1-22(14-8-3-2-4-9-14)17(24)15-11-21-19(26)23(18(15)25)12-13-7-5-6-10-16(13)20/h5-7,10-11,14H,2-4,8-9,12H2,1H3,(H,21,26). The van der Waals surface area contributed by atoms with Gasteiger partial charge >= 0.3 is 5.69 Å². The van der Waals surface area contributed by atoms with E-state index in [1.165, 1.54) is 18.2 Å². The van der Waals surface area contributed by atoms with Gasteiger partial charge in [-0.25, -0.2) is 9.18 Å². The van der Waals surface area contributed by atoms with Crippen molar-refractivity contribution in [1.82, 2.24) is 14.5 Å². The van der Waals surface area contributed by atoms with Gasteiger partial charge in [0.15, 0.2) is 0 Å². The van der Waals surface area contributed by atoms with Crippen molar-refractivity contribution in [2.75, 3.05) is 7.05 Å². The van der Waals surface area contributed by atoms with Crippen LogP contribution in [0.3, 0.4) is 0 Å². The van der Waals surface area contributed by atoms with Crippen LogP contribution in [0.2, 0.25) is 0 Å². The smallest absolute Gasteiger partial charge is 0.328 e. The normalized spacial score (nSPS) is 15.0. The van der Waals surface area contributed by atoms with Crippen molar-refractivity contribution >= 4 is 5.91 Å². The lowest BCUT2D eigenvalue weighted by Gasteiger charge is -2.31. The number of hydrogen-bond acceptors (Lipinski definition) is 3. The zero-order valence-electron chi connectivity index (χ0n) is 14.7. The SMILES string of the molecule is CN(C(=O)c1c[nH]c(=O)n(Cc2ccccc2F)c1=O)C1CCCCC1. The Labute approximate surface area is 150 Å². The molecule has 1 amide bonds. The minimum Gasteiger partial charge on any atom is -0.339 e. The molecule has 0 atom stereocenters. The van der Waals surface area contributed by atoms with E-state index >= 15 is 0 Å². The summed E-state index contributed by atoms with van der Waals surface area (Å²) < 4.78 is 14.7. The lowest BCUT2D eigenvalue weighted by molar-refractivity contribution is 0.0693. The third kappa shape index (κ3) is 3.61. The predicted molar refractivity (Wildman–Crippen MR) is 95.8 cm³/mol. The van der Waals surface area contributed by atoms with Gasteiger partial charge < -0.3 is 9.88 Å². The van der Waals surface area contributed by atoms with E-state index < -0.39 is 23.0 Å². The molecule has 1 aliphatic rings. The second kappa shape index (κ2) is 7.68. The van der Waals surface area contributed by atoms with Gasteiger partial charge in [0, 0.05) is 24.8 Å². The molecule has 1 aliphatic carbocycles. The van der Waals surface area contributed by atoms with Crippen molar-refractivity contribution in [1.29, 1.82) is 0 Å². The van der Waals surface area contributed by atoms with Crippen molar-refractivity contribution in [2.24, 2.45) is 0 Å². The van der Waals surface area contributed by atoms with E-state index in [2.05, 4.69) is 4.98 Å². The van der Waals surface area contributed by atoms with Crippen molar-refractivity contribution in [2.45, 2.75) is 44.7 Å². The van der Waals surface area contributed by atoms with Crippen LogP contribution < -0.4 is 11.2 Å². The lowest BCUT2D eigenvalue weighted by Crippen LogP contribution is -2.44. The molecule has 0 spiro atoms. The van der Waals surface area contributed by atoms with Crippen LogP contribution in [0, 0.1) is 5.82 Å². The fraction of sp³-hybridized carbons (Fsp3) is 0.421. The Morgan fingerprint density at radius 2 is 1.92 bits per heavy atom. The number of nitrogens with zero attached hydrogens (tertiary/aromatic N) is 2. The average molecular weight is 359 g/mol. The molecule has 1 N–H and O–H groups in total. The zero-order valence-corrected chi connectivity index (χ0v) is 14.7. The van der Waals surface area contributed by atoms with E-state index in [0.717, 1.165) is 42.9 Å². The van der Waals surface area contributed by atoms with Crippen LogP contribution in [0.25, 0.3) is 0 Å². The van der Waals surface area contributed by atoms with E-state index in [1.54, 1.807) is 18.0 Å². The Morgan fingerprint density at radius 1 is 1.23 bits per heavy atom. The summed E-state index contributed by atoms with van der Waals surface area (Å²) in [5.41, 5.74) is -1.26. The van der Waals surface area contributed by atoms with Crippen molar-refractivity contribution in [3.05, 3.63) is 68.2 Å². The number of halogens is 1. The molecule has 1 saturated carbocycles. The largest absolute Gasteiger partial charge is 0.339 e. The summed E-state index contributed by atoms with van der Waals surface area (Å²) in [6, 6.07) is 6.03. The Hall–Kier alpha value is -2.70. The van der Waals surface area contributed by atoms with Gasteiger partial charge in [-0.15, -0.1) is 0 Å². The van der Waals surface area contributed by atoms with Crippen LogP contribution in [0.1, 0.15) is 48.0 Å². The Morgan fingerprint density at radius 3 is 2.62 bits per heavy atom. The van der Waals surface area contributed by atoms with Crippen LogP contribution in [0.4, 0.5) is 4.39 Å². The number of amides is 1. The van der Waals surface area contributed by atoms with E-state index in [1.807, 2.05) is 0 Å². The Balaban J connectivity index is 1.92. The molecule has 1 fully saturated rings. The fourth-order valence-electron chi connectivity index (χ4n) is 3.43. The van der Waals surface area contributed by atoms with E-state index in [9.17, 15) is 18.8 Å². The third-order valence-corrected chi connectivity index (χ3v) is 5.02.